The maximum atomic E-state index is 12.0. The zero-order valence-corrected chi connectivity index (χ0v) is 13.0. The molecule has 1 amide bonds. The van der Waals surface area contributed by atoms with E-state index < -0.39 is 0 Å². The van der Waals surface area contributed by atoms with E-state index in [1.54, 1.807) is 6.07 Å². The van der Waals surface area contributed by atoms with E-state index in [0.29, 0.717) is 18.8 Å². The number of pyridine rings is 1. The maximum absolute atomic E-state index is 12.0. The number of nitrogens with zero attached hydrogens (tertiary/aromatic N) is 1. The first kappa shape index (κ1) is 15.0. The summed E-state index contributed by atoms with van der Waals surface area (Å²) in [6.45, 7) is 2.71. The number of hydrogen-bond acceptors (Lipinski definition) is 3. The number of fused-ring (bicyclic) bond motifs is 1. The molecule has 4 nitrogen and oxygen atoms in total. The van der Waals surface area contributed by atoms with Gasteiger partial charge in [0.25, 0.3) is 5.91 Å². The minimum atomic E-state index is -0.184. The van der Waals surface area contributed by atoms with Crippen molar-refractivity contribution in [2.75, 3.05) is 13.2 Å². The molecule has 0 atom stereocenters. The van der Waals surface area contributed by atoms with Gasteiger partial charge in [-0.05, 0) is 42.0 Å². The summed E-state index contributed by atoms with van der Waals surface area (Å²) in [4.78, 5) is 16.1. The summed E-state index contributed by atoms with van der Waals surface area (Å²) in [5.74, 6) is 0.613. The van der Waals surface area contributed by atoms with Crippen molar-refractivity contribution in [1.29, 1.82) is 0 Å². The number of aromatic nitrogens is 1. The molecular formula is C19H18N2O2. The van der Waals surface area contributed by atoms with Gasteiger partial charge < -0.3 is 10.1 Å². The van der Waals surface area contributed by atoms with E-state index in [9.17, 15) is 4.79 Å². The van der Waals surface area contributed by atoms with Gasteiger partial charge in [0.2, 0.25) is 0 Å². The van der Waals surface area contributed by atoms with Gasteiger partial charge in [0, 0.05) is 5.69 Å². The fourth-order valence-electron chi connectivity index (χ4n) is 2.35. The van der Waals surface area contributed by atoms with Gasteiger partial charge in [-0.15, -0.1) is 0 Å². The van der Waals surface area contributed by atoms with E-state index in [-0.39, 0.29) is 5.91 Å². The lowest BCUT2D eigenvalue weighted by Gasteiger charge is -2.08. The van der Waals surface area contributed by atoms with Crippen molar-refractivity contribution in [3.05, 3.63) is 72.1 Å². The third kappa shape index (κ3) is 3.86. The quantitative estimate of drug-likeness (QED) is 0.735. The molecule has 1 aromatic heterocycles. The predicted octanol–water partition coefficient (Wildman–Crippen LogP) is 3.35. The molecule has 0 saturated carbocycles. The normalized spacial score (nSPS) is 10.5. The summed E-state index contributed by atoms with van der Waals surface area (Å²) in [6, 6.07) is 19.5. The zero-order chi connectivity index (χ0) is 16.1. The average molecular weight is 306 g/mol. The Kier molecular flexibility index (Phi) is 4.52. The number of nitrogens with one attached hydrogen (secondary N) is 1. The molecule has 4 heteroatoms. The summed E-state index contributed by atoms with van der Waals surface area (Å²) < 4.78 is 5.69. The van der Waals surface area contributed by atoms with Crippen LogP contribution in [0.3, 0.4) is 0 Å². The van der Waals surface area contributed by atoms with Gasteiger partial charge in [0.05, 0.1) is 6.54 Å². The smallest absolute Gasteiger partial charge is 0.270 e. The molecule has 0 aliphatic rings. The highest BCUT2D eigenvalue weighted by Gasteiger charge is 2.06. The SMILES string of the molecule is Cc1cccc(C(=O)NCCOc2ccc3ccccc3c2)n1. The second kappa shape index (κ2) is 6.92. The molecule has 1 N–H and O–H groups in total. The summed E-state index contributed by atoms with van der Waals surface area (Å²) in [5, 5.41) is 5.12. The molecule has 3 aromatic rings. The summed E-state index contributed by atoms with van der Waals surface area (Å²) in [7, 11) is 0. The van der Waals surface area contributed by atoms with Crippen LogP contribution >= 0.6 is 0 Å². The predicted molar refractivity (Wildman–Crippen MR) is 90.8 cm³/mol. The molecule has 0 aliphatic heterocycles. The molecule has 0 saturated heterocycles. The second-order valence-corrected chi connectivity index (χ2v) is 5.28. The summed E-state index contributed by atoms with van der Waals surface area (Å²) in [5.41, 5.74) is 1.25. The Hall–Kier alpha value is -2.88. The highest BCUT2D eigenvalue weighted by atomic mass is 16.5. The van der Waals surface area contributed by atoms with Crippen molar-refractivity contribution >= 4 is 16.7 Å². The molecule has 0 bridgehead atoms. The van der Waals surface area contributed by atoms with Crippen molar-refractivity contribution in [3.8, 4) is 5.75 Å². The van der Waals surface area contributed by atoms with Gasteiger partial charge in [-0.1, -0.05) is 36.4 Å². The summed E-state index contributed by atoms with van der Waals surface area (Å²) in [6.07, 6.45) is 0. The van der Waals surface area contributed by atoms with E-state index >= 15 is 0 Å². The number of benzene rings is 2. The first-order valence-electron chi connectivity index (χ1n) is 7.56. The first-order valence-corrected chi connectivity index (χ1v) is 7.56. The molecular weight excluding hydrogens is 288 g/mol. The minimum Gasteiger partial charge on any atom is -0.492 e. The van der Waals surface area contributed by atoms with Crippen LogP contribution in [0, 0.1) is 6.92 Å². The zero-order valence-electron chi connectivity index (χ0n) is 13.0. The van der Waals surface area contributed by atoms with Crippen LogP contribution in [0.5, 0.6) is 5.75 Å². The van der Waals surface area contributed by atoms with Crippen LogP contribution in [0.2, 0.25) is 0 Å². The lowest BCUT2D eigenvalue weighted by molar-refractivity contribution is 0.0942. The average Bonchev–Trinajstić information content (AvgIpc) is 2.58. The number of amides is 1. The minimum absolute atomic E-state index is 0.184. The van der Waals surface area contributed by atoms with Crippen LogP contribution in [0.1, 0.15) is 16.2 Å². The Morgan fingerprint density at radius 2 is 1.87 bits per heavy atom. The lowest BCUT2D eigenvalue weighted by Crippen LogP contribution is -2.28. The topological polar surface area (TPSA) is 51.2 Å². The van der Waals surface area contributed by atoms with Gasteiger partial charge in [0.1, 0.15) is 18.1 Å². The first-order chi connectivity index (χ1) is 11.2. The fourth-order valence-corrected chi connectivity index (χ4v) is 2.35. The molecule has 0 aliphatic carbocycles. The third-order valence-corrected chi connectivity index (χ3v) is 3.50. The molecule has 2 aromatic carbocycles. The van der Waals surface area contributed by atoms with Crippen molar-refractivity contribution < 1.29 is 9.53 Å². The van der Waals surface area contributed by atoms with Crippen LogP contribution < -0.4 is 10.1 Å². The van der Waals surface area contributed by atoms with E-state index in [0.717, 1.165) is 16.8 Å². The molecule has 23 heavy (non-hydrogen) atoms. The number of hydrogen-bond donors (Lipinski definition) is 1. The van der Waals surface area contributed by atoms with Gasteiger partial charge in [0.15, 0.2) is 0 Å². The van der Waals surface area contributed by atoms with E-state index in [1.165, 1.54) is 5.39 Å². The standard InChI is InChI=1S/C19H18N2O2/c1-14-5-4-8-18(21-14)19(22)20-11-12-23-17-10-9-15-6-2-3-7-16(15)13-17/h2-10,13H,11-12H2,1H3,(H,20,22). The van der Waals surface area contributed by atoms with Crippen molar-refractivity contribution in [3.63, 3.8) is 0 Å². The molecule has 3 rings (SSSR count). The molecule has 1 heterocycles. The Bertz CT molecular complexity index is 830. The Morgan fingerprint density at radius 3 is 2.70 bits per heavy atom. The molecule has 0 radical (unpaired) electrons. The van der Waals surface area contributed by atoms with Gasteiger partial charge in [-0.25, -0.2) is 4.98 Å². The lowest BCUT2D eigenvalue weighted by atomic mass is 10.1. The Labute approximate surface area is 135 Å². The monoisotopic (exact) mass is 306 g/mol. The highest BCUT2D eigenvalue weighted by Crippen LogP contribution is 2.20. The van der Waals surface area contributed by atoms with Crippen LogP contribution in [-0.4, -0.2) is 24.0 Å². The third-order valence-electron chi connectivity index (χ3n) is 3.50. The summed E-state index contributed by atoms with van der Waals surface area (Å²) >= 11 is 0. The fraction of sp³-hybridized carbons (Fsp3) is 0.158. The van der Waals surface area contributed by atoms with Crippen LogP contribution in [0.15, 0.2) is 60.7 Å². The van der Waals surface area contributed by atoms with E-state index in [1.807, 2.05) is 55.5 Å². The van der Waals surface area contributed by atoms with Crippen molar-refractivity contribution in [2.24, 2.45) is 0 Å². The number of carbonyl (C=O) groups is 1. The van der Waals surface area contributed by atoms with Gasteiger partial charge in [-0.2, -0.15) is 0 Å². The molecule has 0 spiro atoms. The maximum Gasteiger partial charge on any atom is 0.270 e. The Morgan fingerprint density at radius 1 is 1.04 bits per heavy atom. The van der Waals surface area contributed by atoms with Crippen molar-refractivity contribution in [2.45, 2.75) is 6.92 Å². The van der Waals surface area contributed by atoms with Crippen LogP contribution in [-0.2, 0) is 0 Å². The second-order valence-electron chi connectivity index (χ2n) is 5.28. The van der Waals surface area contributed by atoms with Crippen LogP contribution in [0.25, 0.3) is 10.8 Å². The molecule has 0 fully saturated rings. The highest BCUT2D eigenvalue weighted by molar-refractivity contribution is 5.92. The van der Waals surface area contributed by atoms with Gasteiger partial charge >= 0.3 is 0 Å². The number of carbonyl (C=O) groups excluding carboxylic acids is 1. The number of rotatable bonds is 5. The number of aryl methyl sites for hydroxylation is 1. The Balaban J connectivity index is 1.51. The number of ether oxygens (including phenoxy) is 1. The van der Waals surface area contributed by atoms with Crippen molar-refractivity contribution in [1.82, 2.24) is 10.3 Å². The molecule has 116 valence electrons. The van der Waals surface area contributed by atoms with Crippen LogP contribution in [0.4, 0.5) is 0 Å². The largest absolute Gasteiger partial charge is 0.492 e. The molecule has 0 unspecified atom stereocenters. The van der Waals surface area contributed by atoms with Gasteiger partial charge in [-0.3, -0.25) is 4.79 Å². The van der Waals surface area contributed by atoms with E-state index in [2.05, 4.69) is 16.4 Å². The van der Waals surface area contributed by atoms with E-state index in [4.69, 9.17) is 4.74 Å².